The Bertz CT molecular complexity index is 797. The molecule has 2 unspecified atom stereocenters. The van der Waals surface area contributed by atoms with E-state index in [1.54, 1.807) is 0 Å². The van der Waals surface area contributed by atoms with E-state index >= 15 is 0 Å². The molecule has 7 atom stereocenters. The van der Waals surface area contributed by atoms with Gasteiger partial charge in [-0.25, -0.2) is 4.98 Å². The van der Waals surface area contributed by atoms with Crippen LogP contribution in [0.2, 0.25) is 0 Å². The molecule has 0 saturated heterocycles. The van der Waals surface area contributed by atoms with Crippen LogP contribution in [0.5, 0.6) is 0 Å². The molecule has 5 rings (SSSR count). The van der Waals surface area contributed by atoms with Crippen molar-refractivity contribution < 1.29 is 4.79 Å². The Morgan fingerprint density at radius 2 is 1.96 bits per heavy atom. The quantitative estimate of drug-likeness (QED) is 0.798. The molecule has 0 bridgehead atoms. The molecule has 3 saturated carbocycles. The Labute approximate surface area is 162 Å². The number of aromatic nitrogens is 2. The highest BCUT2D eigenvalue weighted by Crippen LogP contribution is 2.67. The number of fused-ring (bicyclic) bond motifs is 5. The molecule has 1 aromatic rings. The number of likely N-dealkylation sites (N-methyl/N-ethyl adjacent to an activating group) is 1. The van der Waals surface area contributed by atoms with E-state index < -0.39 is 0 Å². The molecule has 4 nitrogen and oxygen atoms in total. The molecular weight excluding hydrogens is 334 g/mol. The first kappa shape index (κ1) is 17.5. The minimum absolute atomic E-state index is 0.148. The molecule has 1 aliphatic heterocycles. The van der Waals surface area contributed by atoms with Crippen molar-refractivity contribution in [3.63, 3.8) is 0 Å². The summed E-state index contributed by atoms with van der Waals surface area (Å²) in [7, 11) is 2.01. The molecule has 4 aliphatic rings. The Kier molecular flexibility index (Phi) is 3.71. The second-order valence-electron chi connectivity index (χ2n) is 10.2. The van der Waals surface area contributed by atoms with Gasteiger partial charge in [0.05, 0.1) is 0 Å². The first-order valence-corrected chi connectivity index (χ1v) is 10.8. The number of nitrogens with one attached hydrogen (secondary N) is 1. The van der Waals surface area contributed by atoms with Gasteiger partial charge in [0.1, 0.15) is 5.82 Å². The molecule has 1 aromatic heterocycles. The lowest BCUT2D eigenvalue weighted by Crippen LogP contribution is -2.59. The molecule has 27 heavy (non-hydrogen) atoms. The summed E-state index contributed by atoms with van der Waals surface area (Å²) in [5.74, 6) is 4.17. The van der Waals surface area contributed by atoms with Crippen LogP contribution < -0.4 is 0 Å². The van der Waals surface area contributed by atoms with Crippen molar-refractivity contribution in [3.8, 4) is 0 Å². The van der Waals surface area contributed by atoms with Crippen LogP contribution >= 0.6 is 0 Å². The van der Waals surface area contributed by atoms with Crippen LogP contribution in [0.4, 0.5) is 0 Å². The van der Waals surface area contributed by atoms with Gasteiger partial charge < -0.3 is 9.88 Å². The summed E-state index contributed by atoms with van der Waals surface area (Å²) in [6.45, 7) is 7.05. The highest BCUT2D eigenvalue weighted by atomic mass is 16.2. The van der Waals surface area contributed by atoms with E-state index in [1.165, 1.54) is 37.8 Å². The highest BCUT2D eigenvalue weighted by molar-refractivity contribution is 5.89. The average Bonchev–Trinajstić information content (AvgIpc) is 3.21. The molecule has 0 radical (unpaired) electrons. The molecule has 1 N–H and O–H groups in total. The average molecular weight is 368 g/mol. The Morgan fingerprint density at radius 1 is 1.15 bits per heavy atom. The summed E-state index contributed by atoms with van der Waals surface area (Å²) >= 11 is 0. The maximum absolute atomic E-state index is 12.2. The number of H-pyrrole nitrogens is 1. The van der Waals surface area contributed by atoms with Crippen molar-refractivity contribution in [2.75, 3.05) is 7.05 Å². The van der Waals surface area contributed by atoms with E-state index in [1.807, 2.05) is 18.0 Å². The fourth-order valence-electron chi connectivity index (χ4n) is 7.87. The predicted molar refractivity (Wildman–Crippen MR) is 106 cm³/mol. The van der Waals surface area contributed by atoms with Gasteiger partial charge in [0.15, 0.2) is 0 Å². The largest absolute Gasteiger partial charge is 0.346 e. The van der Waals surface area contributed by atoms with Crippen molar-refractivity contribution in [2.45, 2.75) is 71.3 Å². The fourth-order valence-corrected chi connectivity index (χ4v) is 7.87. The van der Waals surface area contributed by atoms with Gasteiger partial charge >= 0.3 is 0 Å². The number of carbonyl (C=O) groups is 1. The first-order valence-electron chi connectivity index (χ1n) is 10.8. The third-order valence-electron chi connectivity index (χ3n) is 9.23. The molecule has 2 heterocycles. The minimum atomic E-state index is 0.148. The number of nitrogens with zero attached hydrogens (tertiary/aromatic N) is 2. The van der Waals surface area contributed by atoms with Crippen LogP contribution in [-0.4, -0.2) is 33.9 Å². The predicted octanol–water partition coefficient (Wildman–Crippen LogP) is 4.44. The second-order valence-corrected chi connectivity index (χ2v) is 10.2. The van der Waals surface area contributed by atoms with Crippen LogP contribution in [0.1, 0.15) is 69.8 Å². The normalized spacial score (nSPS) is 46.1. The van der Waals surface area contributed by atoms with E-state index in [0.717, 1.165) is 24.1 Å². The lowest BCUT2D eigenvalue weighted by atomic mass is 9.47. The maximum atomic E-state index is 12.2. The molecule has 0 spiro atoms. The lowest BCUT2D eigenvalue weighted by Gasteiger charge is -2.60. The zero-order valence-electron chi connectivity index (χ0n) is 17.2. The topological polar surface area (TPSA) is 49.0 Å². The summed E-state index contributed by atoms with van der Waals surface area (Å²) < 4.78 is 0. The Morgan fingerprint density at radius 3 is 2.70 bits per heavy atom. The van der Waals surface area contributed by atoms with Gasteiger partial charge in [0.25, 0.3) is 0 Å². The van der Waals surface area contributed by atoms with Crippen molar-refractivity contribution >= 4 is 5.91 Å². The summed E-state index contributed by atoms with van der Waals surface area (Å²) in [6.07, 6.45) is 13.9. The number of amides is 1. The van der Waals surface area contributed by atoms with Crippen LogP contribution in [0.3, 0.4) is 0 Å². The van der Waals surface area contributed by atoms with Gasteiger partial charge in [-0.05, 0) is 74.7 Å². The van der Waals surface area contributed by atoms with E-state index in [-0.39, 0.29) is 11.3 Å². The van der Waals surface area contributed by atoms with Crippen LogP contribution in [0.25, 0.3) is 0 Å². The lowest BCUT2D eigenvalue weighted by molar-refractivity contribution is -0.138. The summed E-state index contributed by atoms with van der Waals surface area (Å²) in [4.78, 5) is 22.3. The van der Waals surface area contributed by atoms with Gasteiger partial charge in [0, 0.05) is 36.3 Å². The van der Waals surface area contributed by atoms with Gasteiger partial charge in [-0.1, -0.05) is 19.9 Å². The van der Waals surface area contributed by atoms with E-state index in [4.69, 9.17) is 0 Å². The number of carbonyl (C=O) groups excluding carboxylic acids is 1. The SMILES string of the molecule is Cc1ncc(C2CC[C@H]3[C@@H]4CCC5N(C)C(=O)C=C[C@]5(C)[C@@H]4CC[C@]23C)[nH]1. The number of hydrogen-bond donors (Lipinski definition) is 1. The Balaban J connectivity index is 1.47. The van der Waals surface area contributed by atoms with Crippen molar-refractivity contribution in [2.24, 2.45) is 28.6 Å². The first-order chi connectivity index (χ1) is 12.8. The van der Waals surface area contributed by atoms with E-state index in [0.29, 0.717) is 23.3 Å². The minimum Gasteiger partial charge on any atom is -0.346 e. The smallest absolute Gasteiger partial charge is 0.246 e. The number of imidazole rings is 1. The van der Waals surface area contributed by atoms with Crippen molar-refractivity contribution in [3.05, 3.63) is 29.9 Å². The number of rotatable bonds is 1. The maximum Gasteiger partial charge on any atom is 0.246 e. The molecule has 4 heteroatoms. The van der Waals surface area contributed by atoms with Crippen molar-refractivity contribution in [1.82, 2.24) is 14.9 Å². The number of aryl methyl sites for hydroxylation is 1. The number of aromatic amines is 1. The van der Waals surface area contributed by atoms with Crippen LogP contribution in [0, 0.1) is 35.5 Å². The van der Waals surface area contributed by atoms with Crippen LogP contribution in [-0.2, 0) is 4.79 Å². The summed E-state index contributed by atoms with van der Waals surface area (Å²) in [6, 6.07) is 0.382. The summed E-state index contributed by atoms with van der Waals surface area (Å²) in [5.41, 5.74) is 1.90. The fraction of sp³-hybridized carbons (Fsp3) is 0.739. The zero-order valence-corrected chi connectivity index (χ0v) is 17.2. The van der Waals surface area contributed by atoms with Crippen molar-refractivity contribution in [1.29, 1.82) is 0 Å². The highest BCUT2D eigenvalue weighted by Gasteiger charge is 2.60. The second kappa shape index (κ2) is 5.71. The van der Waals surface area contributed by atoms with Gasteiger partial charge in [-0.15, -0.1) is 0 Å². The third-order valence-corrected chi connectivity index (χ3v) is 9.23. The van der Waals surface area contributed by atoms with E-state index in [2.05, 4.69) is 43.0 Å². The molecular formula is C23H33N3O. The number of hydrogen-bond acceptors (Lipinski definition) is 2. The standard InChI is InChI=1S/C23H33N3O/c1-14-24-13-19(25-14)18-7-6-16-15-5-8-20-23(3,12-10-21(27)26(20)4)17(15)9-11-22(16,18)2/h10,12-13,15-18,20H,5-9,11H2,1-4H3,(H,24,25)/t15-,16-,17+,18?,20?,22-,23+/m0/s1. The van der Waals surface area contributed by atoms with Crippen LogP contribution in [0.15, 0.2) is 18.3 Å². The van der Waals surface area contributed by atoms with Gasteiger partial charge in [-0.2, -0.15) is 0 Å². The molecule has 3 fully saturated rings. The van der Waals surface area contributed by atoms with Gasteiger partial charge in [-0.3, -0.25) is 4.79 Å². The van der Waals surface area contributed by atoms with E-state index in [9.17, 15) is 4.79 Å². The molecule has 3 aliphatic carbocycles. The monoisotopic (exact) mass is 367 g/mol. The molecule has 146 valence electrons. The van der Waals surface area contributed by atoms with Gasteiger partial charge in [0.2, 0.25) is 5.91 Å². The zero-order chi connectivity index (χ0) is 19.0. The third kappa shape index (κ3) is 2.28. The summed E-state index contributed by atoms with van der Waals surface area (Å²) in [5, 5.41) is 0. The molecule has 0 aromatic carbocycles. The molecule has 1 amide bonds. The Hall–Kier alpha value is -1.58.